The highest BCUT2D eigenvalue weighted by Crippen LogP contribution is 2.48. The van der Waals surface area contributed by atoms with Gasteiger partial charge in [0.2, 0.25) is 17.6 Å². The topological polar surface area (TPSA) is 157 Å². The summed E-state index contributed by atoms with van der Waals surface area (Å²) in [6.45, 7) is 9.22. The fourth-order valence-electron chi connectivity index (χ4n) is 6.87. The van der Waals surface area contributed by atoms with Crippen LogP contribution in [0.25, 0.3) is 0 Å². The molecule has 4 fully saturated rings. The van der Waals surface area contributed by atoms with Gasteiger partial charge in [-0.2, -0.15) is 0 Å². The van der Waals surface area contributed by atoms with Crippen LogP contribution in [0, 0.1) is 17.8 Å². The van der Waals surface area contributed by atoms with Crippen LogP contribution < -0.4 is 16.4 Å². The number of Topliss-reactive ketones (excluding diaryl/α,β-unsaturated/α-hetero) is 1. The van der Waals surface area contributed by atoms with Crippen molar-refractivity contribution in [2.45, 2.75) is 128 Å². The van der Waals surface area contributed by atoms with Crippen molar-refractivity contribution in [2.24, 2.45) is 23.5 Å². The van der Waals surface area contributed by atoms with Crippen LogP contribution in [0.2, 0.25) is 0 Å². The van der Waals surface area contributed by atoms with Crippen molar-refractivity contribution in [3.8, 4) is 0 Å². The molecule has 0 aromatic rings. The Morgan fingerprint density at radius 3 is 2.17 bits per heavy atom. The van der Waals surface area contributed by atoms with E-state index in [4.69, 9.17) is 15.2 Å². The summed E-state index contributed by atoms with van der Waals surface area (Å²) in [5, 5.41) is 5.61. The molecule has 4 aliphatic rings. The Morgan fingerprint density at radius 1 is 1.00 bits per heavy atom. The fourth-order valence-corrected chi connectivity index (χ4v) is 6.87. The maximum atomic E-state index is 14.2. The van der Waals surface area contributed by atoms with E-state index >= 15 is 0 Å². The molecule has 0 radical (unpaired) electrons. The monoisotopic (exact) mass is 562 g/mol. The number of carbonyl (C=O) groups is 5. The van der Waals surface area contributed by atoms with E-state index in [0.29, 0.717) is 6.42 Å². The molecule has 224 valence electrons. The Labute approximate surface area is 236 Å². The molecular formula is C29H46N4O7. The molecule has 2 heterocycles. The highest BCUT2D eigenvalue weighted by Gasteiger charge is 2.63. The maximum absolute atomic E-state index is 14.2. The predicted molar refractivity (Wildman–Crippen MR) is 146 cm³/mol. The van der Waals surface area contributed by atoms with Crippen LogP contribution in [-0.2, 0) is 28.7 Å². The van der Waals surface area contributed by atoms with Crippen molar-refractivity contribution in [1.82, 2.24) is 15.5 Å². The summed E-state index contributed by atoms with van der Waals surface area (Å²) in [6.07, 6.45) is 6.75. The molecule has 4 N–H and O–H groups in total. The van der Waals surface area contributed by atoms with Crippen LogP contribution in [0.3, 0.4) is 0 Å². The van der Waals surface area contributed by atoms with E-state index in [2.05, 4.69) is 10.6 Å². The third kappa shape index (κ3) is 6.61. The fraction of sp³-hybridized carbons (Fsp3) is 0.828. The van der Waals surface area contributed by atoms with E-state index in [1.807, 2.05) is 13.8 Å². The summed E-state index contributed by atoms with van der Waals surface area (Å²) in [4.78, 5) is 66.9. The number of nitrogens with two attached hydrogens (primary N) is 1. The van der Waals surface area contributed by atoms with Gasteiger partial charge in [-0.05, 0) is 65.7 Å². The highest BCUT2D eigenvalue weighted by atomic mass is 16.6. The molecule has 0 aromatic heterocycles. The van der Waals surface area contributed by atoms with Crippen molar-refractivity contribution in [3.05, 3.63) is 0 Å². The molecule has 2 aliphatic carbocycles. The van der Waals surface area contributed by atoms with Gasteiger partial charge in [0.15, 0.2) is 0 Å². The summed E-state index contributed by atoms with van der Waals surface area (Å²) in [7, 11) is 0. The lowest BCUT2D eigenvalue weighted by Gasteiger charge is -2.49. The third-order valence-corrected chi connectivity index (χ3v) is 8.99. The molecule has 11 nitrogen and oxygen atoms in total. The summed E-state index contributed by atoms with van der Waals surface area (Å²) in [5.41, 5.74) is 3.91. The molecule has 11 heteroatoms. The minimum Gasteiger partial charge on any atom is -0.444 e. The summed E-state index contributed by atoms with van der Waals surface area (Å²) < 4.78 is 11.5. The lowest BCUT2D eigenvalue weighted by Crippen LogP contribution is -2.63. The van der Waals surface area contributed by atoms with Crippen LogP contribution in [0.5, 0.6) is 0 Å². The van der Waals surface area contributed by atoms with E-state index in [1.54, 1.807) is 20.8 Å². The number of carbonyl (C=O) groups excluding carboxylic acids is 5. The molecule has 0 bridgehead atoms. The molecule has 5 atom stereocenters. The number of rotatable bonds is 9. The van der Waals surface area contributed by atoms with Crippen molar-refractivity contribution < 1.29 is 33.4 Å². The van der Waals surface area contributed by atoms with Gasteiger partial charge in [-0.25, -0.2) is 4.79 Å². The zero-order valence-corrected chi connectivity index (χ0v) is 24.5. The Hall–Kier alpha value is -2.69. The number of nitrogens with one attached hydrogen (secondary N) is 2. The Morgan fingerprint density at radius 2 is 1.65 bits per heavy atom. The zero-order valence-electron chi connectivity index (χ0n) is 24.5. The van der Waals surface area contributed by atoms with Crippen LogP contribution in [0.15, 0.2) is 0 Å². The number of amides is 4. The number of likely N-dealkylation sites (tertiary alicyclic amines) is 1. The van der Waals surface area contributed by atoms with Gasteiger partial charge < -0.3 is 30.7 Å². The first-order valence-electron chi connectivity index (χ1n) is 14.8. The largest absolute Gasteiger partial charge is 0.444 e. The van der Waals surface area contributed by atoms with E-state index in [0.717, 1.165) is 51.4 Å². The van der Waals surface area contributed by atoms with Gasteiger partial charge in [0.25, 0.3) is 5.91 Å². The summed E-state index contributed by atoms with van der Waals surface area (Å²) >= 11 is 0. The van der Waals surface area contributed by atoms with E-state index in [-0.39, 0.29) is 36.3 Å². The van der Waals surface area contributed by atoms with Gasteiger partial charge in [0.1, 0.15) is 17.7 Å². The highest BCUT2D eigenvalue weighted by molar-refractivity contribution is 6.37. The van der Waals surface area contributed by atoms with Gasteiger partial charge >= 0.3 is 6.09 Å². The number of ether oxygens (including phenoxy) is 2. The van der Waals surface area contributed by atoms with Gasteiger partial charge in [0, 0.05) is 12.5 Å². The molecule has 40 heavy (non-hydrogen) atoms. The first-order valence-corrected chi connectivity index (χ1v) is 14.8. The molecule has 2 saturated heterocycles. The number of hydrogen-bond donors (Lipinski definition) is 3. The van der Waals surface area contributed by atoms with Crippen molar-refractivity contribution in [3.63, 3.8) is 0 Å². The molecule has 4 rings (SSSR count). The smallest absolute Gasteiger partial charge is 0.408 e. The Balaban J connectivity index is 1.59. The number of nitrogens with zero attached hydrogens (tertiary/aromatic N) is 1. The second-order valence-corrected chi connectivity index (χ2v) is 13.6. The molecular weight excluding hydrogens is 516 g/mol. The quantitative estimate of drug-likeness (QED) is 0.364. The van der Waals surface area contributed by atoms with Crippen LogP contribution >= 0.6 is 0 Å². The average Bonchev–Trinajstić information content (AvgIpc) is 3.17. The minimum absolute atomic E-state index is 0.0903. The van der Waals surface area contributed by atoms with Gasteiger partial charge in [0.05, 0.1) is 17.7 Å². The van der Waals surface area contributed by atoms with Crippen molar-refractivity contribution in [2.75, 3.05) is 6.54 Å². The van der Waals surface area contributed by atoms with E-state index < -0.39 is 53.0 Å². The molecule has 0 unspecified atom stereocenters. The maximum Gasteiger partial charge on any atom is 0.408 e. The molecule has 2 saturated carbocycles. The number of fused-ring (bicyclic) bond motifs is 1. The number of alkyl carbamates (subject to hydrolysis) is 1. The Bertz CT molecular complexity index is 1010. The first-order chi connectivity index (χ1) is 18.7. The van der Waals surface area contributed by atoms with Gasteiger partial charge in [-0.1, -0.05) is 38.5 Å². The van der Waals surface area contributed by atoms with E-state index in [9.17, 15) is 24.0 Å². The van der Waals surface area contributed by atoms with Crippen molar-refractivity contribution >= 4 is 29.6 Å². The third-order valence-electron chi connectivity index (χ3n) is 8.99. The molecule has 2 aliphatic heterocycles. The molecule has 0 spiro atoms. The average molecular weight is 563 g/mol. The summed E-state index contributed by atoms with van der Waals surface area (Å²) in [6, 6.07) is -2.81. The number of primary amides is 1. The van der Waals surface area contributed by atoms with Crippen LogP contribution in [0.4, 0.5) is 4.79 Å². The minimum atomic E-state index is -1.09. The molecule has 0 aromatic carbocycles. The number of ketones is 1. The predicted octanol–water partition coefficient (Wildman–Crippen LogP) is 2.19. The normalized spacial score (nSPS) is 27.8. The zero-order chi connectivity index (χ0) is 29.4. The number of hydrogen-bond acceptors (Lipinski definition) is 7. The Kier molecular flexibility index (Phi) is 8.82. The second kappa shape index (κ2) is 11.7. The van der Waals surface area contributed by atoms with Crippen molar-refractivity contribution in [1.29, 1.82) is 0 Å². The van der Waals surface area contributed by atoms with Gasteiger partial charge in [-0.3, -0.25) is 19.2 Å². The standard InChI is InChI=1S/C29H46N4O7/c1-28(2,3)40-27(38)32-21(17-12-7-6-8-13-17)26(37)33-15-19-20(29(4,5)39-19)22(33)25(36)31-18(23(34)24(30)35)14-16-10-9-11-16/h16-22H,6-15H2,1-5H3,(H2,30,35)(H,31,36)(H,32,38)/t18-,19-,20-,21-,22-/m0/s1. The first kappa shape index (κ1) is 30.3. The lowest BCUT2D eigenvalue weighted by atomic mass is 9.76. The SMILES string of the molecule is CC(C)(C)OC(=O)N[C@H](C(=O)N1C[C@@H]2OC(C)(C)[C@@H]2[C@H]1C(=O)N[C@@H](CC1CCC1)C(=O)C(N)=O)C1CCCCC1. The summed E-state index contributed by atoms with van der Waals surface area (Å²) in [5.74, 6) is -2.94. The second-order valence-electron chi connectivity index (χ2n) is 13.6. The van der Waals surface area contributed by atoms with Crippen LogP contribution in [0.1, 0.15) is 92.4 Å². The molecule has 4 amide bonds. The van der Waals surface area contributed by atoms with E-state index in [1.165, 1.54) is 4.90 Å². The lowest BCUT2D eigenvalue weighted by molar-refractivity contribution is -0.225. The van der Waals surface area contributed by atoms with Crippen LogP contribution in [-0.4, -0.2) is 76.5 Å². The van der Waals surface area contributed by atoms with Gasteiger partial charge in [-0.15, -0.1) is 0 Å².